The number of aliphatic carboxylic acids is 1. The lowest BCUT2D eigenvalue weighted by molar-refractivity contribution is -0.136. The molecule has 0 atom stereocenters. The fraction of sp³-hybridized carbons (Fsp3) is 0.250. The number of rotatable bonds is 2. The minimum absolute atomic E-state index is 0.0284. The molecule has 0 aromatic carbocycles. The molecule has 0 amide bonds. The second kappa shape index (κ2) is 3.54. The molecule has 1 rings (SSSR count). The zero-order valence-electron chi connectivity index (χ0n) is 6.54. The summed E-state index contributed by atoms with van der Waals surface area (Å²) in [4.78, 5) is 14.3. The third-order valence-corrected chi connectivity index (χ3v) is 1.71. The maximum absolute atomic E-state index is 10.4. The van der Waals surface area contributed by atoms with E-state index in [2.05, 4.69) is 4.98 Å². The Morgan fingerprint density at radius 1 is 1.75 bits per heavy atom. The first-order valence-corrected chi connectivity index (χ1v) is 3.80. The Labute approximate surface area is 75.0 Å². The lowest BCUT2D eigenvalue weighted by atomic mass is 10.1. The van der Waals surface area contributed by atoms with Gasteiger partial charge in [0.25, 0.3) is 0 Å². The van der Waals surface area contributed by atoms with E-state index >= 15 is 0 Å². The van der Waals surface area contributed by atoms with E-state index in [-0.39, 0.29) is 6.42 Å². The molecule has 0 saturated carbocycles. The summed E-state index contributed by atoms with van der Waals surface area (Å²) in [5.41, 5.74) is 1.37. The number of pyridine rings is 1. The third-order valence-electron chi connectivity index (χ3n) is 1.50. The predicted molar refractivity (Wildman–Crippen MR) is 45.3 cm³/mol. The van der Waals surface area contributed by atoms with Gasteiger partial charge < -0.3 is 5.11 Å². The van der Waals surface area contributed by atoms with E-state index in [0.29, 0.717) is 16.3 Å². The highest BCUT2D eigenvalue weighted by atomic mass is 35.5. The molecule has 0 spiro atoms. The molecule has 1 N–H and O–H groups in total. The number of nitrogens with zero attached hydrogens (tertiary/aromatic N) is 1. The molecule has 1 heterocycles. The van der Waals surface area contributed by atoms with Crippen LogP contribution in [-0.4, -0.2) is 16.1 Å². The van der Waals surface area contributed by atoms with Gasteiger partial charge in [-0.1, -0.05) is 11.6 Å². The van der Waals surface area contributed by atoms with E-state index in [1.54, 1.807) is 13.0 Å². The van der Waals surface area contributed by atoms with Gasteiger partial charge in [-0.25, -0.2) is 0 Å². The average Bonchev–Trinajstić information content (AvgIpc) is 1.96. The molecule has 3 nitrogen and oxygen atoms in total. The molecular formula is C8H8ClNO2. The van der Waals surface area contributed by atoms with Crippen molar-refractivity contribution >= 4 is 17.6 Å². The largest absolute Gasteiger partial charge is 0.481 e. The summed E-state index contributed by atoms with van der Waals surface area (Å²) in [6.07, 6.45) is 1.47. The number of aromatic nitrogens is 1. The maximum Gasteiger partial charge on any atom is 0.307 e. The summed E-state index contributed by atoms with van der Waals surface area (Å²) in [5.74, 6) is -0.873. The van der Waals surface area contributed by atoms with Gasteiger partial charge in [0.15, 0.2) is 0 Å². The molecule has 12 heavy (non-hydrogen) atoms. The molecule has 0 unspecified atom stereocenters. The molecule has 0 bridgehead atoms. The summed E-state index contributed by atoms with van der Waals surface area (Å²) >= 11 is 5.64. The number of hydrogen-bond donors (Lipinski definition) is 1. The first kappa shape index (κ1) is 9.00. The Hall–Kier alpha value is -1.09. The van der Waals surface area contributed by atoms with Crippen molar-refractivity contribution in [2.75, 3.05) is 0 Å². The monoisotopic (exact) mass is 185 g/mol. The maximum atomic E-state index is 10.4. The topological polar surface area (TPSA) is 50.2 Å². The zero-order chi connectivity index (χ0) is 9.14. The van der Waals surface area contributed by atoms with Gasteiger partial charge in [0.1, 0.15) is 0 Å². The van der Waals surface area contributed by atoms with Crippen LogP contribution in [0.2, 0.25) is 5.02 Å². The van der Waals surface area contributed by atoms with Crippen molar-refractivity contribution < 1.29 is 9.90 Å². The highest BCUT2D eigenvalue weighted by Gasteiger charge is 2.04. The van der Waals surface area contributed by atoms with E-state index in [0.717, 1.165) is 0 Å². The minimum atomic E-state index is -0.873. The van der Waals surface area contributed by atoms with Crippen molar-refractivity contribution in [1.82, 2.24) is 4.98 Å². The van der Waals surface area contributed by atoms with Crippen molar-refractivity contribution in [2.45, 2.75) is 13.3 Å². The van der Waals surface area contributed by atoms with Gasteiger partial charge in [-0.05, 0) is 18.6 Å². The second-order valence-corrected chi connectivity index (χ2v) is 2.91. The normalized spacial score (nSPS) is 9.83. The summed E-state index contributed by atoms with van der Waals surface area (Å²) in [6, 6.07) is 1.62. The van der Waals surface area contributed by atoms with Crippen LogP contribution in [0.1, 0.15) is 11.3 Å². The second-order valence-electron chi connectivity index (χ2n) is 2.47. The molecule has 1 aromatic heterocycles. The Balaban J connectivity index is 2.97. The lowest BCUT2D eigenvalue weighted by Gasteiger charge is -2.01. The number of aryl methyl sites for hydroxylation is 1. The Bertz CT molecular complexity index is 312. The third kappa shape index (κ3) is 2.20. The average molecular weight is 186 g/mol. The van der Waals surface area contributed by atoms with E-state index in [9.17, 15) is 4.79 Å². The van der Waals surface area contributed by atoms with Gasteiger partial charge in [0, 0.05) is 11.9 Å². The fourth-order valence-electron chi connectivity index (χ4n) is 0.891. The first-order valence-electron chi connectivity index (χ1n) is 3.42. The van der Waals surface area contributed by atoms with Gasteiger partial charge in [-0.15, -0.1) is 0 Å². The molecule has 0 radical (unpaired) electrons. The van der Waals surface area contributed by atoms with Crippen LogP contribution >= 0.6 is 11.6 Å². The Morgan fingerprint density at radius 3 is 3.00 bits per heavy atom. The highest BCUT2D eigenvalue weighted by Crippen LogP contribution is 2.12. The quantitative estimate of drug-likeness (QED) is 0.763. The standard InChI is InChI=1S/C8H8ClNO2/c1-5-6(3-8(11)12)2-7(9)4-10-5/h2,4H,3H2,1H3,(H,11,12). The number of carboxylic acid groups (broad SMARTS) is 1. The predicted octanol–water partition coefficient (Wildman–Crippen LogP) is 1.67. The van der Waals surface area contributed by atoms with E-state index in [4.69, 9.17) is 16.7 Å². The van der Waals surface area contributed by atoms with Crippen LogP contribution in [0, 0.1) is 6.92 Å². The van der Waals surface area contributed by atoms with Crippen LogP contribution in [0.3, 0.4) is 0 Å². The van der Waals surface area contributed by atoms with Crippen LogP contribution < -0.4 is 0 Å². The van der Waals surface area contributed by atoms with Crippen LogP contribution in [0.5, 0.6) is 0 Å². The van der Waals surface area contributed by atoms with Crippen molar-refractivity contribution in [3.63, 3.8) is 0 Å². The van der Waals surface area contributed by atoms with Crippen LogP contribution in [-0.2, 0) is 11.2 Å². The van der Waals surface area contributed by atoms with Gasteiger partial charge in [0.2, 0.25) is 0 Å². The molecule has 0 fully saturated rings. The molecule has 1 aromatic rings. The molecule has 0 aliphatic carbocycles. The number of halogens is 1. The van der Waals surface area contributed by atoms with Gasteiger partial charge in [0.05, 0.1) is 11.4 Å². The van der Waals surface area contributed by atoms with Gasteiger partial charge >= 0.3 is 5.97 Å². The van der Waals surface area contributed by atoms with Crippen molar-refractivity contribution in [3.05, 3.63) is 28.5 Å². The summed E-state index contributed by atoms with van der Waals surface area (Å²) in [6.45, 7) is 1.76. The van der Waals surface area contributed by atoms with E-state index in [1.807, 2.05) is 0 Å². The smallest absolute Gasteiger partial charge is 0.307 e. The molecule has 0 aliphatic rings. The summed E-state index contributed by atoms with van der Waals surface area (Å²) < 4.78 is 0. The SMILES string of the molecule is Cc1ncc(Cl)cc1CC(=O)O. The van der Waals surface area contributed by atoms with E-state index < -0.39 is 5.97 Å². The number of carbonyl (C=O) groups is 1. The van der Waals surface area contributed by atoms with Gasteiger partial charge in [-0.2, -0.15) is 0 Å². The van der Waals surface area contributed by atoms with Crippen molar-refractivity contribution in [1.29, 1.82) is 0 Å². The minimum Gasteiger partial charge on any atom is -0.481 e. The number of carboxylic acids is 1. The molecule has 0 saturated heterocycles. The van der Waals surface area contributed by atoms with E-state index in [1.165, 1.54) is 6.20 Å². The summed E-state index contributed by atoms with van der Waals surface area (Å²) in [7, 11) is 0. The highest BCUT2D eigenvalue weighted by molar-refractivity contribution is 6.30. The lowest BCUT2D eigenvalue weighted by Crippen LogP contribution is -2.02. The first-order chi connectivity index (χ1) is 5.59. The van der Waals surface area contributed by atoms with Crippen molar-refractivity contribution in [2.24, 2.45) is 0 Å². The fourth-order valence-corrected chi connectivity index (χ4v) is 1.07. The number of hydrogen-bond acceptors (Lipinski definition) is 2. The summed E-state index contributed by atoms with van der Waals surface area (Å²) in [5, 5.41) is 8.98. The molecular weight excluding hydrogens is 178 g/mol. The van der Waals surface area contributed by atoms with Crippen LogP contribution in [0.25, 0.3) is 0 Å². The van der Waals surface area contributed by atoms with Crippen LogP contribution in [0.4, 0.5) is 0 Å². The molecule has 4 heteroatoms. The Kier molecular flexibility index (Phi) is 2.65. The molecule has 0 aliphatic heterocycles. The zero-order valence-corrected chi connectivity index (χ0v) is 7.30. The molecule has 64 valence electrons. The van der Waals surface area contributed by atoms with Gasteiger partial charge in [-0.3, -0.25) is 9.78 Å². The Morgan fingerprint density at radius 2 is 2.42 bits per heavy atom. The van der Waals surface area contributed by atoms with Crippen LogP contribution in [0.15, 0.2) is 12.3 Å². The van der Waals surface area contributed by atoms with Crippen molar-refractivity contribution in [3.8, 4) is 0 Å².